The van der Waals surface area contributed by atoms with E-state index in [4.69, 9.17) is 9.97 Å². The maximum Gasteiger partial charge on any atom is 0.331 e. The molecule has 0 spiro atoms. The fourth-order valence-corrected chi connectivity index (χ4v) is 3.64. The van der Waals surface area contributed by atoms with Crippen LogP contribution in [0, 0.1) is 27.7 Å². The summed E-state index contributed by atoms with van der Waals surface area (Å²) < 4.78 is 2.15. The number of rotatable bonds is 1. The SMILES string of the molecule is Cc1cc(C)c(C)c(-c2nc3c(c[n+]2C)Cc2nc(C)ccc2-3)c1. The maximum absolute atomic E-state index is 5.06. The van der Waals surface area contributed by atoms with Crippen LogP contribution >= 0.6 is 0 Å². The zero-order valence-electron chi connectivity index (χ0n) is 14.9. The van der Waals surface area contributed by atoms with Gasteiger partial charge in [0.15, 0.2) is 5.69 Å². The summed E-state index contributed by atoms with van der Waals surface area (Å²) in [6, 6.07) is 8.70. The number of pyridine rings is 1. The predicted molar refractivity (Wildman–Crippen MR) is 95.8 cm³/mol. The summed E-state index contributed by atoms with van der Waals surface area (Å²) >= 11 is 0. The lowest BCUT2D eigenvalue weighted by molar-refractivity contribution is -0.663. The second-order valence-electron chi connectivity index (χ2n) is 6.93. The lowest BCUT2D eigenvalue weighted by atomic mass is 9.99. The fourth-order valence-electron chi connectivity index (χ4n) is 3.64. The molecule has 0 unspecified atom stereocenters. The Morgan fingerprint density at radius 1 is 0.958 bits per heavy atom. The van der Waals surface area contributed by atoms with Crippen LogP contribution in [0.3, 0.4) is 0 Å². The monoisotopic (exact) mass is 316 g/mol. The third-order valence-corrected chi connectivity index (χ3v) is 4.98. The molecule has 1 aromatic carbocycles. The van der Waals surface area contributed by atoms with E-state index in [0.717, 1.165) is 29.3 Å². The minimum absolute atomic E-state index is 0.874. The van der Waals surface area contributed by atoms with Crippen molar-refractivity contribution < 1.29 is 4.57 Å². The van der Waals surface area contributed by atoms with Crippen LogP contribution in [0.1, 0.15) is 33.6 Å². The highest BCUT2D eigenvalue weighted by Crippen LogP contribution is 2.35. The van der Waals surface area contributed by atoms with Crippen molar-refractivity contribution in [2.45, 2.75) is 34.1 Å². The third kappa shape index (κ3) is 2.23. The zero-order chi connectivity index (χ0) is 17.0. The second-order valence-corrected chi connectivity index (χ2v) is 6.93. The maximum atomic E-state index is 5.06. The predicted octanol–water partition coefficient (Wildman–Crippen LogP) is 3.77. The first-order chi connectivity index (χ1) is 11.4. The van der Waals surface area contributed by atoms with E-state index in [1.165, 1.54) is 33.4 Å². The van der Waals surface area contributed by atoms with Crippen LogP contribution in [-0.4, -0.2) is 9.97 Å². The Balaban J connectivity index is 1.95. The first-order valence-corrected chi connectivity index (χ1v) is 8.38. The molecule has 0 saturated carbocycles. The van der Waals surface area contributed by atoms with Crippen LogP contribution in [0.5, 0.6) is 0 Å². The lowest BCUT2D eigenvalue weighted by Crippen LogP contribution is -2.33. The van der Waals surface area contributed by atoms with Crippen LogP contribution in [0.15, 0.2) is 30.5 Å². The topological polar surface area (TPSA) is 29.7 Å². The summed E-state index contributed by atoms with van der Waals surface area (Å²) in [5.74, 6) is 1.02. The van der Waals surface area contributed by atoms with Gasteiger partial charge >= 0.3 is 5.82 Å². The molecule has 0 amide bonds. The van der Waals surface area contributed by atoms with Crippen LogP contribution in [0.4, 0.5) is 0 Å². The molecule has 0 atom stereocenters. The first-order valence-electron chi connectivity index (χ1n) is 8.38. The number of nitrogens with zero attached hydrogens (tertiary/aromatic N) is 3. The molecule has 3 aromatic rings. The molecule has 1 aliphatic rings. The lowest BCUT2D eigenvalue weighted by Gasteiger charge is -2.09. The highest BCUT2D eigenvalue weighted by Gasteiger charge is 2.29. The number of aromatic nitrogens is 3. The molecule has 0 saturated heterocycles. The Hall–Kier alpha value is -2.55. The Kier molecular flexibility index (Phi) is 3.27. The van der Waals surface area contributed by atoms with E-state index in [2.05, 4.69) is 62.8 Å². The summed E-state index contributed by atoms with van der Waals surface area (Å²) in [4.78, 5) is 9.76. The van der Waals surface area contributed by atoms with Crippen molar-refractivity contribution in [1.82, 2.24) is 9.97 Å². The van der Waals surface area contributed by atoms with Crippen LogP contribution in [0.25, 0.3) is 22.6 Å². The van der Waals surface area contributed by atoms with E-state index in [9.17, 15) is 0 Å². The third-order valence-electron chi connectivity index (χ3n) is 4.98. The van der Waals surface area contributed by atoms with E-state index in [-0.39, 0.29) is 0 Å². The van der Waals surface area contributed by atoms with E-state index in [0.29, 0.717) is 0 Å². The van der Waals surface area contributed by atoms with Crippen LogP contribution in [-0.2, 0) is 13.5 Å². The number of fused-ring (bicyclic) bond motifs is 3. The van der Waals surface area contributed by atoms with Crippen LogP contribution < -0.4 is 4.57 Å². The van der Waals surface area contributed by atoms with Gasteiger partial charge in [0.25, 0.3) is 0 Å². The van der Waals surface area contributed by atoms with E-state index in [1.807, 2.05) is 6.92 Å². The van der Waals surface area contributed by atoms with Gasteiger partial charge in [0.2, 0.25) is 0 Å². The van der Waals surface area contributed by atoms with Gasteiger partial charge in [0.05, 0.1) is 24.5 Å². The Bertz CT molecular complexity index is 987. The molecule has 2 heterocycles. The van der Waals surface area contributed by atoms with Gasteiger partial charge in [-0.2, -0.15) is 0 Å². The number of hydrogen-bond donors (Lipinski definition) is 0. The molecule has 0 fully saturated rings. The van der Waals surface area contributed by atoms with Crippen molar-refractivity contribution >= 4 is 0 Å². The highest BCUT2D eigenvalue weighted by atomic mass is 15.0. The molecule has 0 N–H and O–H groups in total. The Labute approximate surface area is 143 Å². The quantitative estimate of drug-likeness (QED) is 0.500. The van der Waals surface area contributed by atoms with E-state index < -0.39 is 0 Å². The smallest absolute Gasteiger partial charge is 0.257 e. The molecular formula is C21H22N3+. The average molecular weight is 316 g/mol. The molecule has 2 aromatic heterocycles. The summed E-state index contributed by atoms with van der Waals surface area (Å²) in [6.07, 6.45) is 3.09. The molecule has 120 valence electrons. The van der Waals surface area contributed by atoms with Crippen molar-refractivity contribution in [2.24, 2.45) is 7.05 Å². The molecule has 0 aliphatic heterocycles. The van der Waals surface area contributed by atoms with Gasteiger partial charge in [0.1, 0.15) is 0 Å². The minimum atomic E-state index is 0.874. The van der Waals surface area contributed by atoms with Crippen molar-refractivity contribution in [1.29, 1.82) is 0 Å². The van der Waals surface area contributed by atoms with Crippen molar-refractivity contribution in [2.75, 3.05) is 0 Å². The number of benzene rings is 1. The summed E-state index contributed by atoms with van der Waals surface area (Å²) in [5, 5.41) is 0. The highest BCUT2D eigenvalue weighted by molar-refractivity contribution is 5.73. The van der Waals surface area contributed by atoms with Gasteiger partial charge in [-0.3, -0.25) is 4.98 Å². The average Bonchev–Trinajstić information content (AvgIpc) is 2.86. The van der Waals surface area contributed by atoms with Crippen molar-refractivity contribution in [3.05, 3.63) is 64.1 Å². The van der Waals surface area contributed by atoms with Gasteiger partial charge in [-0.25, -0.2) is 4.57 Å². The molecular weight excluding hydrogens is 294 g/mol. The van der Waals surface area contributed by atoms with Gasteiger partial charge < -0.3 is 0 Å². The van der Waals surface area contributed by atoms with Crippen LogP contribution in [0.2, 0.25) is 0 Å². The molecule has 3 heteroatoms. The minimum Gasteiger partial charge on any atom is -0.257 e. The number of aryl methyl sites for hydroxylation is 4. The Morgan fingerprint density at radius 3 is 2.54 bits per heavy atom. The molecule has 4 rings (SSSR count). The van der Waals surface area contributed by atoms with E-state index in [1.54, 1.807) is 0 Å². The van der Waals surface area contributed by atoms with Gasteiger partial charge in [-0.05, 0) is 67.6 Å². The standard InChI is InChI=1S/C21H22N3/c1-12-8-13(2)15(4)18(9-12)21-23-20-16(11-24(21)5)10-19-17(20)7-6-14(3)22-19/h6-9,11H,10H2,1-5H3/q+1. The van der Waals surface area contributed by atoms with Gasteiger partial charge in [-0.15, -0.1) is 0 Å². The second kappa shape index (κ2) is 5.23. The first kappa shape index (κ1) is 15.0. The largest absolute Gasteiger partial charge is 0.331 e. The zero-order valence-corrected chi connectivity index (χ0v) is 14.9. The molecule has 0 bridgehead atoms. The summed E-state index contributed by atoms with van der Waals surface area (Å²) in [5.41, 5.74) is 10.8. The fraction of sp³-hybridized carbons (Fsp3) is 0.286. The molecule has 0 radical (unpaired) electrons. The van der Waals surface area contributed by atoms with Crippen molar-refractivity contribution in [3.8, 4) is 22.6 Å². The number of hydrogen-bond acceptors (Lipinski definition) is 2. The molecule has 1 aliphatic carbocycles. The van der Waals surface area contributed by atoms with Gasteiger partial charge in [-0.1, -0.05) is 6.07 Å². The molecule has 24 heavy (non-hydrogen) atoms. The summed E-state index contributed by atoms with van der Waals surface area (Å²) in [7, 11) is 2.08. The Morgan fingerprint density at radius 2 is 1.75 bits per heavy atom. The van der Waals surface area contributed by atoms with Crippen molar-refractivity contribution in [3.63, 3.8) is 0 Å². The van der Waals surface area contributed by atoms with Gasteiger partial charge in [0, 0.05) is 23.2 Å². The molecule has 3 nitrogen and oxygen atoms in total. The normalized spacial score (nSPS) is 12.2. The summed E-state index contributed by atoms with van der Waals surface area (Å²) in [6.45, 7) is 8.53. The van der Waals surface area contributed by atoms with E-state index >= 15 is 0 Å².